The molecule has 2 aliphatic heterocycles. The Morgan fingerprint density at radius 1 is 1.30 bits per heavy atom. The quantitative estimate of drug-likeness (QED) is 0.769. The molecule has 0 radical (unpaired) electrons. The maximum absolute atomic E-state index is 12.0. The van der Waals surface area contributed by atoms with Crippen LogP contribution in [0.1, 0.15) is 30.1 Å². The Morgan fingerprint density at radius 3 is 2.74 bits per heavy atom. The number of carbonyl (C=O) groups excluding carboxylic acids is 3. The van der Waals surface area contributed by atoms with E-state index in [2.05, 4.69) is 0 Å². The number of hydrogen-bond acceptors (Lipinski definition) is 6. The SMILES string of the molecule is CC(=O)C[C@]12OC[C@H](COC(=O)c3ccccc3)[C@H]1CC(=O)O2. The smallest absolute Gasteiger partial charge is 0.338 e. The summed E-state index contributed by atoms with van der Waals surface area (Å²) in [6.07, 6.45) is 0.216. The summed E-state index contributed by atoms with van der Waals surface area (Å²) in [6, 6.07) is 8.69. The zero-order valence-electron chi connectivity index (χ0n) is 12.8. The van der Waals surface area contributed by atoms with E-state index in [1.165, 1.54) is 6.92 Å². The van der Waals surface area contributed by atoms with E-state index in [9.17, 15) is 14.4 Å². The van der Waals surface area contributed by atoms with Gasteiger partial charge < -0.3 is 14.2 Å². The second kappa shape index (κ2) is 6.12. The molecule has 0 spiro atoms. The summed E-state index contributed by atoms with van der Waals surface area (Å²) in [5.74, 6) is -2.50. The van der Waals surface area contributed by atoms with Gasteiger partial charge >= 0.3 is 11.9 Å². The van der Waals surface area contributed by atoms with E-state index in [4.69, 9.17) is 14.2 Å². The summed E-state index contributed by atoms with van der Waals surface area (Å²) in [7, 11) is 0. The van der Waals surface area contributed by atoms with Gasteiger partial charge in [0, 0.05) is 11.8 Å². The molecule has 23 heavy (non-hydrogen) atoms. The van der Waals surface area contributed by atoms with Crippen molar-refractivity contribution in [2.75, 3.05) is 13.2 Å². The standard InChI is InChI=1S/C17H18O6/c1-11(18)8-17-14(7-15(19)23-17)13(10-22-17)9-21-16(20)12-5-3-2-4-6-12/h2-6,13-14H,7-10H2,1H3/t13-,14+,17+/m0/s1. The number of rotatable bonds is 5. The monoisotopic (exact) mass is 318 g/mol. The predicted octanol–water partition coefficient (Wildman–Crippen LogP) is 1.73. The highest BCUT2D eigenvalue weighted by molar-refractivity contribution is 5.89. The zero-order chi connectivity index (χ0) is 16.4. The lowest BCUT2D eigenvalue weighted by atomic mass is 9.86. The van der Waals surface area contributed by atoms with E-state index in [0.29, 0.717) is 12.2 Å². The molecule has 0 saturated carbocycles. The Kier molecular flexibility index (Phi) is 4.17. The Balaban J connectivity index is 1.64. The van der Waals surface area contributed by atoms with E-state index in [1.54, 1.807) is 24.3 Å². The third kappa shape index (κ3) is 3.12. The van der Waals surface area contributed by atoms with Crippen LogP contribution in [0.4, 0.5) is 0 Å². The molecule has 3 rings (SSSR count). The average molecular weight is 318 g/mol. The molecule has 6 heteroatoms. The van der Waals surface area contributed by atoms with Crippen molar-refractivity contribution in [3.8, 4) is 0 Å². The van der Waals surface area contributed by atoms with Gasteiger partial charge in [-0.25, -0.2) is 4.79 Å². The molecule has 6 nitrogen and oxygen atoms in total. The maximum atomic E-state index is 12.0. The summed E-state index contributed by atoms with van der Waals surface area (Å²) in [4.78, 5) is 35.1. The Hall–Kier alpha value is -2.21. The van der Waals surface area contributed by atoms with Crippen LogP contribution in [0.2, 0.25) is 0 Å². The Bertz CT molecular complexity index is 625. The number of carbonyl (C=O) groups is 3. The first-order valence-electron chi connectivity index (χ1n) is 7.57. The number of benzene rings is 1. The van der Waals surface area contributed by atoms with Crippen LogP contribution in [0, 0.1) is 11.8 Å². The molecule has 1 aromatic rings. The molecule has 0 amide bonds. The minimum Gasteiger partial charge on any atom is -0.462 e. The van der Waals surface area contributed by atoms with Gasteiger partial charge in [0.1, 0.15) is 5.78 Å². The second-order valence-corrected chi connectivity index (χ2v) is 6.01. The first-order valence-corrected chi connectivity index (χ1v) is 7.57. The third-order valence-corrected chi connectivity index (χ3v) is 4.28. The molecule has 0 N–H and O–H groups in total. The van der Waals surface area contributed by atoms with Crippen molar-refractivity contribution in [1.82, 2.24) is 0 Å². The van der Waals surface area contributed by atoms with Crippen LogP contribution in [-0.4, -0.2) is 36.7 Å². The first kappa shape index (κ1) is 15.7. The molecule has 0 aliphatic carbocycles. The van der Waals surface area contributed by atoms with Gasteiger partial charge in [-0.2, -0.15) is 0 Å². The number of ether oxygens (including phenoxy) is 3. The summed E-state index contributed by atoms with van der Waals surface area (Å²) >= 11 is 0. The highest BCUT2D eigenvalue weighted by Crippen LogP contribution is 2.47. The van der Waals surface area contributed by atoms with E-state index < -0.39 is 11.8 Å². The van der Waals surface area contributed by atoms with E-state index in [1.807, 2.05) is 6.07 Å². The van der Waals surface area contributed by atoms with Crippen molar-refractivity contribution < 1.29 is 28.6 Å². The molecule has 3 atom stereocenters. The molecule has 2 heterocycles. The van der Waals surface area contributed by atoms with Crippen molar-refractivity contribution in [2.24, 2.45) is 11.8 Å². The molecule has 0 bridgehead atoms. The highest BCUT2D eigenvalue weighted by Gasteiger charge is 2.59. The topological polar surface area (TPSA) is 78.9 Å². The van der Waals surface area contributed by atoms with Crippen molar-refractivity contribution in [3.05, 3.63) is 35.9 Å². The van der Waals surface area contributed by atoms with Crippen molar-refractivity contribution in [3.63, 3.8) is 0 Å². The largest absolute Gasteiger partial charge is 0.462 e. The van der Waals surface area contributed by atoms with Crippen LogP contribution < -0.4 is 0 Å². The van der Waals surface area contributed by atoms with Crippen LogP contribution in [0.5, 0.6) is 0 Å². The van der Waals surface area contributed by atoms with Gasteiger partial charge in [0.15, 0.2) is 0 Å². The highest BCUT2D eigenvalue weighted by atomic mass is 16.7. The van der Waals surface area contributed by atoms with Gasteiger partial charge in [-0.1, -0.05) is 18.2 Å². The predicted molar refractivity (Wildman–Crippen MR) is 78.4 cm³/mol. The lowest BCUT2D eigenvalue weighted by Crippen LogP contribution is -2.37. The van der Waals surface area contributed by atoms with Crippen molar-refractivity contribution in [1.29, 1.82) is 0 Å². The lowest BCUT2D eigenvalue weighted by Gasteiger charge is -2.26. The summed E-state index contributed by atoms with van der Waals surface area (Å²) in [5, 5.41) is 0. The minimum absolute atomic E-state index is 0.0343. The van der Waals surface area contributed by atoms with Gasteiger partial charge in [-0.05, 0) is 19.1 Å². The van der Waals surface area contributed by atoms with Crippen molar-refractivity contribution >= 4 is 17.7 Å². The maximum Gasteiger partial charge on any atom is 0.338 e. The number of fused-ring (bicyclic) bond motifs is 1. The molecule has 122 valence electrons. The van der Waals surface area contributed by atoms with Gasteiger partial charge in [0.05, 0.1) is 31.6 Å². The fourth-order valence-corrected chi connectivity index (χ4v) is 3.24. The molecule has 2 fully saturated rings. The fourth-order valence-electron chi connectivity index (χ4n) is 3.24. The average Bonchev–Trinajstić information content (AvgIpc) is 2.99. The number of ketones is 1. The van der Waals surface area contributed by atoms with Gasteiger partial charge in [0.2, 0.25) is 5.79 Å². The van der Waals surface area contributed by atoms with Gasteiger partial charge in [0.25, 0.3) is 0 Å². The molecule has 2 saturated heterocycles. The second-order valence-electron chi connectivity index (χ2n) is 6.01. The van der Waals surface area contributed by atoms with Crippen LogP contribution in [-0.2, 0) is 23.8 Å². The van der Waals surface area contributed by atoms with Crippen LogP contribution in [0.15, 0.2) is 30.3 Å². The Morgan fingerprint density at radius 2 is 2.04 bits per heavy atom. The normalized spacial score (nSPS) is 29.0. The molecule has 2 aliphatic rings. The summed E-state index contributed by atoms with van der Waals surface area (Å²) in [5.41, 5.74) is 0.472. The van der Waals surface area contributed by atoms with E-state index in [0.717, 1.165) is 0 Å². The first-order chi connectivity index (χ1) is 11.0. The third-order valence-electron chi connectivity index (χ3n) is 4.28. The van der Waals surface area contributed by atoms with Crippen molar-refractivity contribution in [2.45, 2.75) is 25.6 Å². The Labute approximate surface area is 133 Å². The molecule has 0 unspecified atom stereocenters. The van der Waals surface area contributed by atoms with Crippen LogP contribution in [0.25, 0.3) is 0 Å². The van der Waals surface area contributed by atoms with E-state index in [-0.39, 0.29) is 43.0 Å². The van der Waals surface area contributed by atoms with Crippen LogP contribution in [0.3, 0.4) is 0 Å². The van der Waals surface area contributed by atoms with Crippen LogP contribution >= 0.6 is 0 Å². The molecular formula is C17H18O6. The van der Waals surface area contributed by atoms with E-state index >= 15 is 0 Å². The summed E-state index contributed by atoms with van der Waals surface area (Å²) in [6.45, 7) is 1.87. The van der Waals surface area contributed by atoms with Gasteiger partial charge in [-0.3, -0.25) is 9.59 Å². The number of esters is 2. The molecule has 1 aromatic carbocycles. The molecular weight excluding hydrogens is 300 g/mol. The molecule has 0 aromatic heterocycles. The summed E-state index contributed by atoms with van der Waals surface area (Å²) < 4.78 is 16.3. The fraction of sp³-hybridized carbons (Fsp3) is 0.471. The lowest BCUT2D eigenvalue weighted by molar-refractivity contribution is -0.204. The number of hydrogen-bond donors (Lipinski definition) is 0. The number of Topliss-reactive ketones (excluding diaryl/α,β-unsaturated/α-hetero) is 1. The van der Waals surface area contributed by atoms with Gasteiger partial charge in [-0.15, -0.1) is 0 Å². The minimum atomic E-state index is -1.17. The zero-order valence-corrected chi connectivity index (χ0v) is 12.8.